The predicted molar refractivity (Wildman–Crippen MR) is 71.4 cm³/mol. The van der Waals surface area contributed by atoms with Gasteiger partial charge in [-0.15, -0.1) is 0 Å². The van der Waals surface area contributed by atoms with Crippen molar-refractivity contribution < 1.29 is 0 Å². The average Bonchev–Trinajstić information content (AvgIpc) is 2.22. The maximum absolute atomic E-state index is 6.05. The van der Waals surface area contributed by atoms with Crippen molar-refractivity contribution in [2.24, 2.45) is 5.41 Å². The second-order valence-electron chi connectivity index (χ2n) is 5.50. The molecule has 0 radical (unpaired) electrons. The molecule has 1 aliphatic rings. The molecule has 2 heterocycles. The molecule has 0 amide bonds. The fourth-order valence-electron chi connectivity index (χ4n) is 2.38. The number of nitrogen functional groups attached to an aromatic ring is 1. The van der Waals surface area contributed by atoms with Crippen molar-refractivity contribution in [2.75, 3.05) is 23.7 Å². The van der Waals surface area contributed by atoms with Gasteiger partial charge < -0.3 is 10.6 Å². The van der Waals surface area contributed by atoms with Gasteiger partial charge in [0.2, 0.25) is 5.28 Å². The highest BCUT2D eigenvalue weighted by Gasteiger charge is 2.28. The number of rotatable bonds is 1. The molecule has 0 bridgehead atoms. The van der Waals surface area contributed by atoms with Gasteiger partial charge >= 0.3 is 0 Å². The molecule has 0 aliphatic carbocycles. The largest absolute Gasteiger partial charge is 0.394 e. The summed E-state index contributed by atoms with van der Waals surface area (Å²) in [6.07, 6.45) is 2.40. The van der Waals surface area contributed by atoms with Crippen molar-refractivity contribution in [3.8, 4) is 0 Å². The third kappa shape index (κ3) is 2.63. The van der Waals surface area contributed by atoms with Crippen LogP contribution in [0, 0.1) is 12.3 Å². The third-order valence-corrected chi connectivity index (χ3v) is 3.46. The average molecular weight is 255 g/mol. The van der Waals surface area contributed by atoms with Crippen molar-refractivity contribution in [1.82, 2.24) is 9.97 Å². The first-order chi connectivity index (χ1) is 7.89. The van der Waals surface area contributed by atoms with E-state index in [1.165, 1.54) is 6.42 Å². The van der Waals surface area contributed by atoms with E-state index in [0.717, 1.165) is 31.0 Å². The summed E-state index contributed by atoms with van der Waals surface area (Å²) >= 11 is 5.91. The summed E-state index contributed by atoms with van der Waals surface area (Å²) in [5, 5.41) is 0.273. The van der Waals surface area contributed by atoms with Crippen LogP contribution < -0.4 is 10.6 Å². The highest BCUT2D eigenvalue weighted by atomic mass is 35.5. The molecule has 0 unspecified atom stereocenters. The summed E-state index contributed by atoms with van der Waals surface area (Å²) < 4.78 is 0. The Hall–Kier alpha value is -1.03. The number of hydrogen-bond acceptors (Lipinski definition) is 4. The zero-order valence-electron chi connectivity index (χ0n) is 10.6. The van der Waals surface area contributed by atoms with E-state index in [2.05, 4.69) is 28.7 Å². The van der Waals surface area contributed by atoms with Gasteiger partial charge in [0.25, 0.3) is 0 Å². The molecule has 0 saturated carbocycles. The second kappa shape index (κ2) is 4.33. The lowest BCUT2D eigenvalue weighted by molar-refractivity contribution is 0.292. The van der Waals surface area contributed by atoms with Gasteiger partial charge in [0.1, 0.15) is 0 Å². The molecule has 17 heavy (non-hydrogen) atoms. The van der Waals surface area contributed by atoms with Gasteiger partial charge in [0, 0.05) is 13.1 Å². The number of anilines is 2. The van der Waals surface area contributed by atoms with E-state index >= 15 is 0 Å². The van der Waals surface area contributed by atoms with Gasteiger partial charge in [-0.25, -0.2) is 4.98 Å². The van der Waals surface area contributed by atoms with Crippen molar-refractivity contribution in [1.29, 1.82) is 0 Å². The Balaban J connectivity index is 2.34. The first-order valence-electron chi connectivity index (χ1n) is 5.94. The molecule has 0 atom stereocenters. The van der Waals surface area contributed by atoms with Crippen LogP contribution in [0.5, 0.6) is 0 Å². The van der Waals surface area contributed by atoms with E-state index < -0.39 is 0 Å². The minimum Gasteiger partial charge on any atom is -0.394 e. The molecular weight excluding hydrogens is 236 g/mol. The van der Waals surface area contributed by atoms with Crippen LogP contribution in [0.25, 0.3) is 0 Å². The molecule has 1 fully saturated rings. The number of hydrogen-bond donors (Lipinski definition) is 1. The molecule has 1 saturated heterocycles. The van der Waals surface area contributed by atoms with E-state index in [4.69, 9.17) is 17.3 Å². The van der Waals surface area contributed by atoms with Gasteiger partial charge in [0.05, 0.1) is 11.4 Å². The van der Waals surface area contributed by atoms with E-state index in [1.54, 1.807) is 0 Å². The molecule has 1 aromatic heterocycles. The van der Waals surface area contributed by atoms with E-state index in [1.807, 2.05) is 6.92 Å². The van der Waals surface area contributed by atoms with Gasteiger partial charge in [-0.1, -0.05) is 13.8 Å². The highest BCUT2D eigenvalue weighted by Crippen LogP contribution is 2.33. The number of nitrogens with zero attached hydrogens (tertiary/aromatic N) is 3. The van der Waals surface area contributed by atoms with Crippen molar-refractivity contribution in [2.45, 2.75) is 33.6 Å². The standard InChI is InChI=1S/C12H19ClN4/c1-8-9(14)10(16-11(13)15-8)17-6-4-5-12(2,3)7-17/h4-7,14H2,1-3H3. The fraction of sp³-hybridized carbons (Fsp3) is 0.667. The summed E-state index contributed by atoms with van der Waals surface area (Å²) in [6, 6.07) is 0. The van der Waals surface area contributed by atoms with Gasteiger partial charge in [-0.2, -0.15) is 4.98 Å². The number of aromatic nitrogens is 2. The fourth-order valence-corrected chi connectivity index (χ4v) is 2.58. The normalized spacial score (nSPS) is 19.4. The SMILES string of the molecule is Cc1nc(Cl)nc(N2CCCC(C)(C)C2)c1N. The quantitative estimate of drug-likeness (QED) is 0.783. The van der Waals surface area contributed by atoms with Crippen LogP contribution >= 0.6 is 11.6 Å². The Morgan fingerprint density at radius 3 is 2.71 bits per heavy atom. The van der Waals surface area contributed by atoms with Crippen molar-refractivity contribution in [3.05, 3.63) is 11.0 Å². The molecule has 1 aliphatic heterocycles. The van der Waals surface area contributed by atoms with E-state index in [-0.39, 0.29) is 5.28 Å². The number of halogens is 1. The third-order valence-electron chi connectivity index (χ3n) is 3.29. The summed E-state index contributed by atoms with van der Waals surface area (Å²) in [4.78, 5) is 10.6. The number of aryl methyl sites for hydroxylation is 1. The Bertz CT molecular complexity index is 431. The minimum atomic E-state index is 0.273. The highest BCUT2D eigenvalue weighted by molar-refractivity contribution is 6.28. The van der Waals surface area contributed by atoms with Gasteiger partial charge in [0.15, 0.2) is 5.82 Å². The molecule has 0 aromatic carbocycles. The maximum Gasteiger partial charge on any atom is 0.224 e. The summed E-state index contributed by atoms with van der Waals surface area (Å²) in [5.41, 5.74) is 7.75. The molecule has 1 aromatic rings. The molecule has 4 nitrogen and oxygen atoms in total. The van der Waals surface area contributed by atoms with E-state index in [0.29, 0.717) is 11.1 Å². The van der Waals surface area contributed by atoms with Crippen LogP contribution in [0.4, 0.5) is 11.5 Å². The van der Waals surface area contributed by atoms with Crippen LogP contribution in [0.3, 0.4) is 0 Å². The zero-order valence-corrected chi connectivity index (χ0v) is 11.4. The molecule has 0 spiro atoms. The van der Waals surface area contributed by atoms with Crippen LogP contribution in [0.1, 0.15) is 32.4 Å². The predicted octanol–water partition coefficient (Wildman–Crippen LogP) is 2.65. The first-order valence-corrected chi connectivity index (χ1v) is 6.31. The van der Waals surface area contributed by atoms with Crippen LogP contribution in [-0.4, -0.2) is 23.1 Å². The molecule has 94 valence electrons. The lowest BCUT2D eigenvalue weighted by atomic mass is 9.84. The van der Waals surface area contributed by atoms with Crippen LogP contribution in [0.2, 0.25) is 5.28 Å². The maximum atomic E-state index is 6.05. The molecule has 5 heteroatoms. The Labute approximate surface area is 107 Å². The van der Waals surface area contributed by atoms with Crippen LogP contribution in [0.15, 0.2) is 0 Å². The number of piperidine rings is 1. The molecule has 2 rings (SSSR count). The Kier molecular flexibility index (Phi) is 3.17. The van der Waals surface area contributed by atoms with Crippen molar-refractivity contribution in [3.63, 3.8) is 0 Å². The lowest BCUT2D eigenvalue weighted by Gasteiger charge is -2.39. The Morgan fingerprint density at radius 2 is 2.06 bits per heavy atom. The summed E-state index contributed by atoms with van der Waals surface area (Å²) in [5.74, 6) is 0.787. The smallest absolute Gasteiger partial charge is 0.224 e. The number of nitrogens with two attached hydrogens (primary N) is 1. The van der Waals surface area contributed by atoms with Crippen LogP contribution in [-0.2, 0) is 0 Å². The first kappa shape index (κ1) is 12.4. The van der Waals surface area contributed by atoms with Crippen molar-refractivity contribution >= 4 is 23.1 Å². The summed E-state index contributed by atoms with van der Waals surface area (Å²) in [6.45, 7) is 8.35. The molecule has 2 N–H and O–H groups in total. The summed E-state index contributed by atoms with van der Waals surface area (Å²) in [7, 11) is 0. The Morgan fingerprint density at radius 1 is 1.35 bits per heavy atom. The van der Waals surface area contributed by atoms with Gasteiger partial charge in [-0.05, 0) is 36.8 Å². The minimum absolute atomic E-state index is 0.273. The monoisotopic (exact) mass is 254 g/mol. The zero-order chi connectivity index (χ0) is 12.6. The molecular formula is C12H19ClN4. The van der Waals surface area contributed by atoms with Gasteiger partial charge in [-0.3, -0.25) is 0 Å². The second-order valence-corrected chi connectivity index (χ2v) is 5.84. The topological polar surface area (TPSA) is 55.0 Å². The lowest BCUT2D eigenvalue weighted by Crippen LogP contribution is -2.41. The van der Waals surface area contributed by atoms with E-state index in [9.17, 15) is 0 Å².